The van der Waals surface area contributed by atoms with E-state index in [4.69, 9.17) is 19.3 Å². The fourth-order valence-electron chi connectivity index (χ4n) is 3.46. The maximum absolute atomic E-state index is 14.7. The van der Waals surface area contributed by atoms with Crippen molar-refractivity contribution in [2.24, 2.45) is 0 Å². The monoisotopic (exact) mass is 508 g/mol. The Morgan fingerprint density at radius 2 is 1.65 bits per heavy atom. The second kappa shape index (κ2) is 13.2. The quantitative estimate of drug-likeness (QED) is 0.306. The normalized spacial score (nSPS) is 12.4. The van der Waals surface area contributed by atoms with Crippen LogP contribution in [0.15, 0.2) is 60.7 Å². The molecule has 198 valence electrons. The number of hydrogen-bond donors (Lipinski definition) is 1. The highest BCUT2D eigenvalue weighted by molar-refractivity contribution is 5.70. The molecule has 0 heterocycles. The molecule has 0 saturated heterocycles. The lowest BCUT2D eigenvalue weighted by molar-refractivity contribution is -0.136. The maximum Gasteiger partial charge on any atom is 0.303 e. The molecule has 1 aliphatic carbocycles. The van der Waals surface area contributed by atoms with Crippen LogP contribution in [0, 0.1) is 5.82 Å². The third-order valence-electron chi connectivity index (χ3n) is 5.58. The van der Waals surface area contributed by atoms with Gasteiger partial charge in [0.2, 0.25) is 0 Å². The molecule has 1 N–H and O–H groups in total. The van der Waals surface area contributed by atoms with E-state index in [0.29, 0.717) is 36.7 Å². The summed E-state index contributed by atoms with van der Waals surface area (Å²) in [6, 6.07) is 17.9. The lowest BCUT2D eigenvalue weighted by atomic mass is 9.97. The number of benzene rings is 3. The van der Waals surface area contributed by atoms with Crippen LogP contribution in [0.2, 0.25) is 0 Å². The first-order valence-corrected chi connectivity index (χ1v) is 12.7. The van der Waals surface area contributed by atoms with Gasteiger partial charge in [0.15, 0.2) is 0 Å². The smallest absolute Gasteiger partial charge is 0.303 e. The Bertz CT molecular complexity index is 1180. The molecule has 0 radical (unpaired) electrons. The molecule has 1 aliphatic rings. The number of carboxylic acids is 1. The van der Waals surface area contributed by atoms with Gasteiger partial charge in [0.25, 0.3) is 0 Å². The summed E-state index contributed by atoms with van der Waals surface area (Å²) >= 11 is 0. The summed E-state index contributed by atoms with van der Waals surface area (Å²) in [6.07, 6.45) is 5.02. The Morgan fingerprint density at radius 1 is 0.892 bits per heavy atom. The minimum atomic E-state index is -0.830. The number of ether oxygens (including phenoxy) is 3. The van der Waals surface area contributed by atoms with E-state index in [2.05, 4.69) is 0 Å². The topological polar surface area (TPSA) is 65.0 Å². The van der Waals surface area contributed by atoms with E-state index < -0.39 is 5.97 Å². The third kappa shape index (κ3) is 9.89. The fraction of sp³-hybridized carbons (Fsp3) is 0.387. The number of methoxy groups -OCH3 is 1. The van der Waals surface area contributed by atoms with Gasteiger partial charge >= 0.3 is 5.97 Å². The summed E-state index contributed by atoms with van der Waals surface area (Å²) in [5.74, 6) is 0.0800. The lowest BCUT2D eigenvalue weighted by Gasteiger charge is -2.21. The maximum atomic E-state index is 14.7. The van der Waals surface area contributed by atoms with Gasteiger partial charge in [-0.3, -0.25) is 4.79 Å². The fourth-order valence-corrected chi connectivity index (χ4v) is 3.46. The van der Waals surface area contributed by atoms with Gasteiger partial charge in [-0.25, -0.2) is 4.39 Å². The van der Waals surface area contributed by atoms with Crippen LogP contribution in [-0.4, -0.2) is 23.8 Å². The lowest BCUT2D eigenvalue weighted by Crippen LogP contribution is -2.19. The average Bonchev–Trinajstić information content (AvgIpc) is 3.75. The zero-order valence-electron chi connectivity index (χ0n) is 22.2. The van der Waals surface area contributed by atoms with Gasteiger partial charge in [0, 0.05) is 12.0 Å². The van der Waals surface area contributed by atoms with E-state index in [1.54, 1.807) is 19.2 Å². The summed E-state index contributed by atoms with van der Waals surface area (Å²) in [6.45, 7) is 6.55. The predicted octanol–water partition coefficient (Wildman–Crippen LogP) is 7.58. The number of halogens is 1. The van der Waals surface area contributed by atoms with E-state index in [1.165, 1.54) is 25.3 Å². The Balaban J connectivity index is 0.00000118. The summed E-state index contributed by atoms with van der Waals surface area (Å²) in [5, 5.41) is 8.90. The molecular weight excluding hydrogens is 471 g/mol. The van der Waals surface area contributed by atoms with Crippen molar-refractivity contribution in [1.29, 1.82) is 0 Å². The van der Waals surface area contributed by atoms with Crippen LogP contribution in [0.4, 0.5) is 4.39 Å². The number of aliphatic carboxylic acids is 1. The van der Waals surface area contributed by atoms with E-state index >= 15 is 0 Å². The van der Waals surface area contributed by atoms with Crippen LogP contribution >= 0.6 is 0 Å². The molecule has 3 aromatic carbocycles. The molecule has 1 saturated carbocycles. The molecular formula is C31H37FO5. The number of carboxylic acid groups (broad SMARTS) is 1. The van der Waals surface area contributed by atoms with Crippen molar-refractivity contribution in [3.63, 3.8) is 0 Å². The summed E-state index contributed by atoms with van der Waals surface area (Å²) in [7, 11) is 1.55. The molecule has 4 rings (SSSR count). The highest BCUT2D eigenvalue weighted by Crippen LogP contribution is 2.32. The number of hydrogen-bond acceptors (Lipinski definition) is 4. The van der Waals surface area contributed by atoms with E-state index in [0.717, 1.165) is 22.3 Å². The zero-order chi connectivity index (χ0) is 26.8. The first-order chi connectivity index (χ1) is 17.6. The molecule has 0 atom stereocenters. The molecule has 37 heavy (non-hydrogen) atoms. The number of rotatable bonds is 10. The van der Waals surface area contributed by atoms with Crippen molar-refractivity contribution in [3.8, 4) is 22.6 Å². The largest absolute Gasteiger partial charge is 0.497 e. The molecule has 0 bridgehead atoms. The van der Waals surface area contributed by atoms with Crippen molar-refractivity contribution < 1.29 is 28.5 Å². The highest BCUT2D eigenvalue weighted by atomic mass is 19.1. The van der Waals surface area contributed by atoms with Crippen LogP contribution in [0.3, 0.4) is 0 Å². The minimum absolute atomic E-state index is 0.0723. The van der Waals surface area contributed by atoms with Crippen molar-refractivity contribution in [3.05, 3.63) is 83.2 Å². The van der Waals surface area contributed by atoms with Gasteiger partial charge in [-0.2, -0.15) is 0 Å². The SMILES string of the molecule is C1CC1.COc1ccc(F)c(-c2ccc(COc3cccc(CCC(=O)O)c3)cc2COC(C)(C)C)c1. The Hall–Kier alpha value is -3.38. The molecule has 3 aromatic rings. The molecule has 1 fully saturated rings. The van der Waals surface area contributed by atoms with Gasteiger partial charge in [-0.1, -0.05) is 43.5 Å². The van der Waals surface area contributed by atoms with Gasteiger partial charge in [0.05, 0.1) is 19.3 Å². The van der Waals surface area contributed by atoms with Crippen molar-refractivity contribution in [2.75, 3.05) is 7.11 Å². The van der Waals surface area contributed by atoms with E-state index in [1.807, 2.05) is 63.2 Å². The highest BCUT2D eigenvalue weighted by Gasteiger charge is 2.16. The van der Waals surface area contributed by atoms with Crippen LogP contribution in [0.5, 0.6) is 11.5 Å². The Labute approximate surface area is 219 Å². The Kier molecular flexibility index (Phi) is 10.1. The molecule has 6 heteroatoms. The number of aryl methyl sites for hydroxylation is 1. The molecule has 0 amide bonds. The zero-order valence-corrected chi connectivity index (χ0v) is 22.2. The minimum Gasteiger partial charge on any atom is -0.497 e. The van der Waals surface area contributed by atoms with Crippen LogP contribution in [0.1, 0.15) is 63.1 Å². The predicted molar refractivity (Wildman–Crippen MR) is 144 cm³/mol. The van der Waals surface area contributed by atoms with Crippen LogP contribution < -0.4 is 9.47 Å². The Morgan fingerprint density at radius 3 is 2.30 bits per heavy atom. The molecule has 0 aromatic heterocycles. The van der Waals surface area contributed by atoms with Gasteiger partial charge < -0.3 is 19.3 Å². The molecule has 5 nitrogen and oxygen atoms in total. The molecule has 0 aliphatic heterocycles. The van der Waals surface area contributed by atoms with Gasteiger partial charge in [0.1, 0.15) is 23.9 Å². The van der Waals surface area contributed by atoms with Crippen molar-refractivity contribution >= 4 is 5.97 Å². The first kappa shape index (κ1) is 28.2. The summed E-state index contributed by atoms with van der Waals surface area (Å²) < 4.78 is 32.0. The van der Waals surface area contributed by atoms with Gasteiger partial charge in [-0.15, -0.1) is 0 Å². The van der Waals surface area contributed by atoms with Crippen molar-refractivity contribution in [2.45, 2.75) is 71.7 Å². The summed E-state index contributed by atoms with van der Waals surface area (Å²) in [5.41, 5.74) is 3.50. The first-order valence-electron chi connectivity index (χ1n) is 12.7. The molecule has 0 spiro atoms. The standard InChI is InChI=1S/C28H31FO5.C3H6/c1-28(2,3)34-18-21-14-20(8-11-24(21)25-16-22(32-4)10-12-26(25)29)17-33-23-7-5-6-19(15-23)9-13-27(30)31;1-2-3-1/h5-8,10-12,14-16H,9,13,17-18H2,1-4H3,(H,30,31);1-3H2. The average molecular weight is 509 g/mol. The second-order valence-corrected chi connectivity index (χ2v) is 10.1. The van der Waals surface area contributed by atoms with E-state index in [-0.39, 0.29) is 17.8 Å². The van der Waals surface area contributed by atoms with E-state index in [9.17, 15) is 9.18 Å². The third-order valence-corrected chi connectivity index (χ3v) is 5.58. The summed E-state index contributed by atoms with van der Waals surface area (Å²) in [4.78, 5) is 10.8. The number of carbonyl (C=O) groups is 1. The molecule has 0 unspecified atom stereocenters. The second-order valence-electron chi connectivity index (χ2n) is 10.1. The van der Waals surface area contributed by atoms with Crippen LogP contribution in [0.25, 0.3) is 11.1 Å². The van der Waals surface area contributed by atoms with Crippen LogP contribution in [-0.2, 0) is 29.2 Å². The van der Waals surface area contributed by atoms with Crippen molar-refractivity contribution in [1.82, 2.24) is 0 Å². The van der Waals surface area contributed by atoms with Gasteiger partial charge in [-0.05, 0) is 85.8 Å².